The Balaban J connectivity index is 2.21. The maximum Gasteiger partial charge on any atom is 0.337 e. The number of carbonyl (C=O) groups excluding carboxylic acids is 2. The molecule has 2 amide bonds. The van der Waals surface area contributed by atoms with Crippen LogP contribution in [0.15, 0.2) is 36.0 Å². The van der Waals surface area contributed by atoms with Gasteiger partial charge in [0.05, 0.1) is 18.2 Å². The molecule has 6 nitrogen and oxygen atoms in total. The van der Waals surface area contributed by atoms with Gasteiger partial charge in [-0.15, -0.1) is 0 Å². The molecular weight excluding hydrogens is 379 g/mol. The van der Waals surface area contributed by atoms with Crippen LogP contribution in [0, 0.1) is 5.82 Å². The molecule has 28 heavy (non-hydrogen) atoms. The molecule has 0 N–H and O–H groups in total. The maximum atomic E-state index is 13.3. The predicted molar refractivity (Wildman–Crippen MR) is 107 cm³/mol. The Morgan fingerprint density at radius 3 is 2.54 bits per heavy atom. The van der Waals surface area contributed by atoms with Gasteiger partial charge < -0.3 is 14.4 Å². The zero-order valence-corrected chi connectivity index (χ0v) is 17.9. The van der Waals surface area contributed by atoms with Gasteiger partial charge in [0.1, 0.15) is 12.5 Å². The number of urea groups is 1. The highest BCUT2D eigenvalue weighted by Gasteiger charge is 2.37. The Hall–Kier alpha value is -2.19. The van der Waals surface area contributed by atoms with Crippen molar-refractivity contribution in [1.82, 2.24) is 9.80 Å². The van der Waals surface area contributed by atoms with Crippen molar-refractivity contribution >= 4 is 20.8 Å². The summed E-state index contributed by atoms with van der Waals surface area (Å²) in [6.07, 6.45) is 2.44. The van der Waals surface area contributed by atoms with E-state index in [1.54, 1.807) is 26.1 Å². The molecule has 0 fully saturated rings. The maximum absolute atomic E-state index is 13.3. The fraction of sp³-hybridized carbons (Fsp3) is 0.500. The molecule has 1 aliphatic rings. The normalized spacial score (nSPS) is 17.1. The van der Waals surface area contributed by atoms with Crippen LogP contribution in [0.4, 0.5) is 9.18 Å². The van der Waals surface area contributed by atoms with E-state index in [4.69, 9.17) is 9.47 Å². The lowest BCUT2D eigenvalue weighted by Gasteiger charge is -2.37. The molecule has 0 spiro atoms. The van der Waals surface area contributed by atoms with Gasteiger partial charge in [-0.2, -0.15) is 0 Å². The molecule has 8 heteroatoms. The Bertz CT molecular complexity index is 709. The monoisotopic (exact) mass is 407 g/mol. The summed E-state index contributed by atoms with van der Waals surface area (Å²) < 4.78 is 24.1. The largest absolute Gasteiger partial charge is 0.463 e. The van der Waals surface area contributed by atoms with E-state index in [0.717, 1.165) is 12.5 Å². The molecule has 1 atom stereocenters. The average Bonchev–Trinajstić information content (AvgIpc) is 2.65. The molecule has 0 saturated carbocycles. The topological polar surface area (TPSA) is 59.1 Å². The number of esters is 1. The van der Waals surface area contributed by atoms with Crippen molar-refractivity contribution in [2.75, 3.05) is 27.0 Å². The van der Waals surface area contributed by atoms with Gasteiger partial charge >= 0.3 is 12.0 Å². The Morgan fingerprint density at radius 2 is 1.93 bits per heavy atom. The summed E-state index contributed by atoms with van der Waals surface area (Å²) in [6, 6.07) is 5.96. The third-order valence-electron chi connectivity index (χ3n) is 4.42. The number of halogens is 1. The van der Waals surface area contributed by atoms with Crippen LogP contribution < -0.4 is 0 Å². The summed E-state index contributed by atoms with van der Waals surface area (Å²) in [7, 11) is 1.32. The van der Waals surface area contributed by atoms with Gasteiger partial charge in [-0.05, 0) is 31.0 Å². The number of nitrogens with zero attached hydrogens (tertiary/aromatic N) is 2. The van der Waals surface area contributed by atoms with E-state index in [1.165, 1.54) is 28.1 Å². The first-order chi connectivity index (χ1) is 13.3. The standard InChI is InChI=1S/C20H28FN2O4Si/c1-5-27-19(24)17-13-23(14-26-11-6-12-28(3)4)20(25)22(2)18(17)15-7-9-16(21)10-8-15/h7-10,13,18H,5-6,11-12,14H2,1-4H3. The van der Waals surface area contributed by atoms with E-state index < -0.39 is 12.0 Å². The molecule has 1 aliphatic heterocycles. The lowest BCUT2D eigenvalue weighted by molar-refractivity contribution is -0.139. The van der Waals surface area contributed by atoms with Crippen LogP contribution in [-0.2, 0) is 14.3 Å². The van der Waals surface area contributed by atoms with Crippen LogP contribution >= 0.6 is 0 Å². The molecule has 0 bridgehead atoms. The fourth-order valence-corrected chi connectivity index (χ4v) is 3.88. The van der Waals surface area contributed by atoms with E-state index >= 15 is 0 Å². The van der Waals surface area contributed by atoms with Crippen molar-refractivity contribution in [3.05, 3.63) is 47.4 Å². The molecule has 153 valence electrons. The second kappa shape index (κ2) is 10.4. The van der Waals surface area contributed by atoms with Crippen molar-refractivity contribution in [3.63, 3.8) is 0 Å². The van der Waals surface area contributed by atoms with E-state index in [0.29, 0.717) is 17.7 Å². The molecule has 0 aliphatic carbocycles. The van der Waals surface area contributed by atoms with Crippen LogP contribution in [0.5, 0.6) is 0 Å². The molecule has 0 saturated heterocycles. The number of ether oxygens (including phenoxy) is 2. The summed E-state index contributed by atoms with van der Waals surface area (Å²) >= 11 is 0. The van der Waals surface area contributed by atoms with Crippen LogP contribution in [0.3, 0.4) is 0 Å². The minimum Gasteiger partial charge on any atom is -0.463 e. The Labute approximate surface area is 167 Å². The summed E-state index contributed by atoms with van der Waals surface area (Å²) in [5, 5.41) is 0. The summed E-state index contributed by atoms with van der Waals surface area (Å²) in [5.74, 6) is -0.890. The van der Waals surface area contributed by atoms with Crippen molar-refractivity contribution in [1.29, 1.82) is 0 Å². The van der Waals surface area contributed by atoms with Gasteiger partial charge in [-0.1, -0.05) is 31.3 Å². The smallest absolute Gasteiger partial charge is 0.337 e. The van der Waals surface area contributed by atoms with Crippen molar-refractivity contribution in [2.45, 2.75) is 38.5 Å². The van der Waals surface area contributed by atoms with Gasteiger partial charge in [-0.3, -0.25) is 4.90 Å². The first kappa shape index (κ1) is 22.1. The van der Waals surface area contributed by atoms with Gasteiger partial charge in [0.2, 0.25) is 0 Å². The zero-order chi connectivity index (χ0) is 20.7. The first-order valence-corrected chi connectivity index (χ1v) is 12.1. The quantitative estimate of drug-likeness (QED) is 0.355. The van der Waals surface area contributed by atoms with Gasteiger partial charge in [0, 0.05) is 28.7 Å². The molecule has 1 unspecified atom stereocenters. The summed E-state index contributed by atoms with van der Waals surface area (Å²) in [6.45, 7) is 7.07. The number of carbonyl (C=O) groups is 2. The number of rotatable bonds is 9. The van der Waals surface area contributed by atoms with Crippen molar-refractivity contribution in [3.8, 4) is 0 Å². The van der Waals surface area contributed by atoms with E-state index in [-0.39, 0.29) is 34.0 Å². The fourth-order valence-electron chi connectivity index (χ4n) is 3.03. The van der Waals surface area contributed by atoms with Gasteiger partial charge in [0.15, 0.2) is 0 Å². The highest BCUT2D eigenvalue weighted by molar-refractivity contribution is 6.55. The van der Waals surface area contributed by atoms with E-state index in [9.17, 15) is 14.0 Å². The molecule has 1 aromatic carbocycles. The van der Waals surface area contributed by atoms with Crippen LogP contribution in [-0.4, -0.2) is 57.6 Å². The predicted octanol–water partition coefficient (Wildman–Crippen LogP) is 3.80. The van der Waals surface area contributed by atoms with Crippen molar-refractivity contribution in [2.24, 2.45) is 0 Å². The van der Waals surface area contributed by atoms with E-state index in [1.807, 2.05) is 0 Å². The molecule has 1 heterocycles. The van der Waals surface area contributed by atoms with E-state index in [2.05, 4.69) is 13.1 Å². The Morgan fingerprint density at radius 1 is 1.25 bits per heavy atom. The average molecular weight is 408 g/mol. The Kier molecular flexibility index (Phi) is 8.19. The molecule has 1 aromatic rings. The minimum absolute atomic E-state index is 0.0672. The number of amides is 2. The zero-order valence-electron chi connectivity index (χ0n) is 16.9. The first-order valence-electron chi connectivity index (χ1n) is 9.39. The lowest BCUT2D eigenvalue weighted by Crippen LogP contribution is -2.47. The highest BCUT2D eigenvalue weighted by atomic mass is 28.3. The summed E-state index contributed by atoms with van der Waals surface area (Å²) in [4.78, 5) is 28.1. The SMILES string of the molecule is CCOC(=O)C1=CN(COCCC[Si](C)C)C(=O)N(C)C1c1ccc(F)cc1. The molecule has 2 rings (SSSR count). The second-order valence-corrected chi connectivity index (χ2v) is 9.88. The number of hydrogen-bond donors (Lipinski definition) is 0. The van der Waals surface area contributed by atoms with Crippen molar-refractivity contribution < 1.29 is 23.5 Å². The number of likely N-dealkylation sites (N-methyl/N-ethyl adjacent to an activating group) is 1. The molecule has 0 aromatic heterocycles. The molecular formula is C20H28FN2O4Si. The second-order valence-electron chi connectivity index (χ2n) is 6.97. The van der Waals surface area contributed by atoms with Gasteiger partial charge in [0.25, 0.3) is 0 Å². The third-order valence-corrected chi connectivity index (χ3v) is 5.77. The van der Waals surface area contributed by atoms with Crippen LogP contribution in [0.1, 0.15) is 24.9 Å². The summed E-state index contributed by atoms with van der Waals surface area (Å²) in [5.41, 5.74) is 0.949. The number of hydrogen-bond acceptors (Lipinski definition) is 4. The highest BCUT2D eigenvalue weighted by Crippen LogP contribution is 2.33. The minimum atomic E-state index is -0.645. The lowest BCUT2D eigenvalue weighted by atomic mass is 9.96. The number of benzene rings is 1. The van der Waals surface area contributed by atoms with Crippen LogP contribution in [0.25, 0.3) is 0 Å². The molecule has 1 radical (unpaired) electrons. The van der Waals surface area contributed by atoms with Gasteiger partial charge in [-0.25, -0.2) is 14.0 Å². The van der Waals surface area contributed by atoms with Crippen LogP contribution in [0.2, 0.25) is 19.1 Å². The third kappa shape index (κ3) is 5.65.